The molecule has 26 heavy (non-hydrogen) atoms. The van der Waals surface area contributed by atoms with Gasteiger partial charge in [-0.3, -0.25) is 0 Å². The maximum absolute atomic E-state index is 6.08. The van der Waals surface area contributed by atoms with E-state index in [4.69, 9.17) is 9.47 Å². The fraction of sp³-hybridized carbons (Fsp3) is 0.391. The lowest BCUT2D eigenvalue weighted by Crippen LogP contribution is -2.30. The molecule has 0 aromatic heterocycles. The van der Waals surface area contributed by atoms with Gasteiger partial charge in [-0.15, -0.1) is 0 Å². The Morgan fingerprint density at radius 1 is 1.00 bits per heavy atom. The molecule has 3 aliphatic rings. The van der Waals surface area contributed by atoms with Gasteiger partial charge in [-0.25, -0.2) is 0 Å². The molecule has 0 radical (unpaired) electrons. The summed E-state index contributed by atoms with van der Waals surface area (Å²) in [4.78, 5) is 0. The van der Waals surface area contributed by atoms with Crippen LogP contribution in [-0.2, 0) is 9.47 Å². The molecule has 3 nitrogen and oxygen atoms in total. The molecule has 3 rings (SSSR count). The van der Waals surface area contributed by atoms with Crippen molar-refractivity contribution < 1.29 is 9.47 Å². The first kappa shape index (κ1) is 18.4. The highest BCUT2D eigenvalue weighted by atomic mass is 16.5. The molecule has 1 N–H and O–H groups in total. The average Bonchev–Trinajstić information content (AvgIpc) is 2.86. The number of allylic oxidation sites excluding steroid dienone is 11. The molecule has 0 saturated heterocycles. The standard InChI is InChI=1S/C23H29NO2/c1-16-7-5-9-22(15-18(16)3)25-20-11-13-21(14-12-20)26-23-10-6-8-17(2)19(4)24-23/h5-6,8-11,13,15,17,19,24H,7,12,14H2,1-4H3. The second kappa shape index (κ2) is 8.31. The maximum Gasteiger partial charge on any atom is 0.193 e. The maximum atomic E-state index is 6.08. The van der Waals surface area contributed by atoms with Crippen molar-refractivity contribution in [3.8, 4) is 0 Å². The number of hydrogen-bond acceptors (Lipinski definition) is 3. The van der Waals surface area contributed by atoms with Gasteiger partial charge in [0.1, 0.15) is 17.3 Å². The zero-order valence-electron chi connectivity index (χ0n) is 16.2. The van der Waals surface area contributed by atoms with E-state index in [0.29, 0.717) is 12.0 Å². The number of hydrogen-bond donors (Lipinski definition) is 1. The first-order valence-electron chi connectivity index (χ1n) is 9.46. The summed E-state index contributed by atoms with van der Waals surface area (Å²) in [7, 11) is 0. The van der Waals surface area contributed by atoms with Crippen LogP contribution in [0.1, 0.15) is 47.0 Å². The Labute approximate surface area is 157 Å². The lowest BCUT2D eigenvalue weighted by atomic mass is 10.0. The zero-order chi connectivity index (χ0) is 18.5. The van der Waals surface area contributed by atoms with Crippen molar-refractivity contribution in [1.29, 1.82) is 0 Å². The van der Waals surface area contributed by atoms with Gasteiger partial charge < -0.3 is 14.8 Å². The van der Waals surface area contributed by atoms with Crippen LogP contribution in [0.25, 0.3) is 0 Å². The van der Waals surface area contributed by atoms with Gasteiger partial charge in [-0.05, 0) is 69.1 Å². The monoisotopic (exact) mass is 351 g/mol. The average molecular weight is 351 g/mol. The lowest BCUT2D eigenvalue weighted by molar-refractivity contribution is 0.234. The molecule has 0 aromatic rings. The van der Waals surface area contributed by atoms with E-state index in [2.05, 4.69) is 63.4 Å². The Morgan fingerprint density at radius 2 is 1.73 bits per heavy atom. The quantitative estimate of drug-likeness (QED) is 0.696. The summed E-state index contributed by atoms with van der Waals surface area (Å²) in [5.74, 6) is 4.14. The molecular formula is C23H29NO2. The summed E-state index contributed by atoms with van der Waals surface area (Å²) in [5.41, 5.74) is 2.67. The molecule has 0 saturated carbocycles. The van der Waals surface area contributed by atoms with Crippen LogP contribution < -0.4 is 5.32 Å². The van der Waals surface area contributed by atoms with Gasteiger partial charge in [0, 0.05) is 18.9 Å². The van der Waals surface area contributed by atoms with Gasteiger partial charge in [0.15, 0.2) is 5.88 Å². The number of ether oxygens (including phenoxy) is 2. The van der Waals surface area contributed by atoms with Crippen molar-refractivity contribution in [2.75, 3.05) is 0 Å². The lowest BCUT2D eigenvalue weighted by Gasteiger charge is -2.22. The van der Waals surface area contributed by atoms with Gasteiger partial charge in [-0.1, -0.05) is 30.7 Å². The highest BCUT2D eigenvalue weighted by molar-refractivity contribution is 5.34. The van der Waals surface area contributed by atoms with Crippen LogP contribution in [-0.4, -0.2) is 6.04 Å². The van der Waals surface area contributed by atoms with Crippen LogP contribution in [0, 0.1) is 5.92 Å². The van der Waals surface area contributed by atoms with E-state index < -0.39 is 0 Å². The smallest absolute Gasteiger partial charge is 0.193 e. The van der Waals surface area contributed by atoms with Crippen molar-refractivity contribution in [2.24, 2.45) is 5.92 Å². The fourth-order valence-corrected chi connectivity index (χ4v) is 2.98. The highest BCUT2D eigenvalue weighted by Crippen LogP contribution is 2.26. The van der Waals surface area contributed by atoms with Crippen LogP contribution in [0.3, 0.4) is 0 Å². The predicted molar refractivity (Wildman–Crippen MR) is 107 cm³/mol. The predicted octanol–water partition coefficient (Wildman–Crippen LogP) is 5.79. The van der Waals surface area contributed by atoms with Crippen LogP contribution in [0.5, 0.6) is 0 Å². The van der Waals surface area contributed by atoms with E-state index in [1.807, 2.05) is 18.2 Å². The summed E-state index contributed by atoms with van der Waals surface area (Å²) in [6, 6.07) is 0.354. The molecule has 1 heterocycles. The van der Waals surface area contributed by atoms with E-state index in [1.165, 1.54) is 11.1 Å². The molecule has 0 spiro atoms. The normalized spacial score (nSPS) is 26.0. The molecule has 1 aliphatic heterocycles. The molecule has 2 unspecified atom stereocenters. The Morgan fingerprint density at radius 3 is 2.46 bits per heavy atom. The topological polar surface area (TPSA) is 30.5 Å². The minimum Gasteiger partial charge on any atom is -0.462 e. The van der Waals surface area contributed by atoms with Gasteiger partial charge >= 0.3 is 0 Å². The van der Waals surface area contributed by atoms with Crippen molar-refractivity contribution >= 4 is 0 Å². The second-order valence-corrected chi connectivity index (χ2v) is 7.29. The van der Waals surface area contributed by atoms with Gasteiger partial charge in [-0.2, -0.15) is 0 Å². The van der Waals surface area contributed by atoms with Crippen LogP contribution in [0.4, 0.5) is 0 Å². The summed E-state index contributed by atoms with van der Waals surface area (Å²) in [6.45, 7) is 8.67. The van der Waals surface area contributed by atoms with E-state index in [1.54, 1.807) is 0 Å². The van der Waals surface area contributed by atoms with Crippen LogP contribution >= 0.6 is 0 Å². The Hall–Kier alpha value is -2.42. The van der Waals surface area contributed by atoms with Gasteiger partial charge in [0.05, 0.1) is 0 Å². The van der Waals surface area contributed by atoms with Gasteiger partial charge in [0.25, 0.3) is 0 Å². The third kappa shape index (κ3) is 4.81. The number of rotatable bonds is 4. The van der Waals surface area contributed by atoms with E-state index in [9.17, 15) is 0 Å². The van der Waals surface area contributed by atoms with Crippen molar-refractivity contribution in [3.63, 3.8) is 0 Å². The van der Waals surface area contributed by atoms with E-state index in [0.717, 1.165) is 42.4 Å². The summed E-state index contributed by atoms with van der Waals surface area (Å²) >= 11 is 0. The van der Waals surface area contributed by atoms with E-state index >= 15 is 0 Å². The molecule has 0 amide bonds. The third-order valence-corrected chi connectivity index (χ3v) is 5.12. The van der Waals surface area contributed by atoms with Gasteiger partial charge in [0.2, 0.25) is 0 Å². The van der Waals surface area contributed by atoms with Crippen molar-refractivity contribution in [1.82, 2.24) is 5.32 Å². The van der Waals surface area contributed by atoms with Crippen molar-refractivity contribution in [3.05, 3.63) is 82.9 Å². The molecule has 0 aromatic carbocycles. The minimum atomic E-state index is 0.354. The highest BCUT2D eigenvalue weighted by Gasteiger charge is 2.16. The Bertz CT molecular complexity index is 759. The molecule has 2 aliphatic carbocycles. The molecule has 3 heteroatoms. The summed E-state index contributed by atoms with van der Waals surface area (Å²) in [6.07, 6.45) is 19.3. The third-order valence-electron chi connectivity index (χ3n) is 5.12. The first-order valence-corrected chi connectivity index (χ1v) is 9.46. The molecule has 2 atom stereocenters. The molecule has 0 fully saturated rings. The summed E-state index contributed by atoms with van der Waals surface area (Å²) < 4.78 is 12.1. The largest absolute Gasteiger partial charge is 0.462 e. The Balaban J connectivity index is 1.62. The fourth-order valence-electron chi connectivity index (χ4n) is 2.98. The first-order chi connectivity index (χ1) is 12.5. The van der Waals surface area contributed by atoms with Crippen molar-refractivity contribution in [2.45, 2.75) is 53.0 Å². The van der Waals surface area contributed by atoms with Crippen LogP contribution in [0.2, 0.25) is 0 Å². The minimum absolute atomic E-state index is 0.354. The summed E-state index contributed by atoms with van der Waals surface area (Å²) in [5, 5.41) is 3.43. The molecular weight excluding hydrogens is 322 g/mol. The van der Waals surface area contributed by atoms with Crippen LogP contribution in [0.15, 0.2) is 82.9 Å². The number of nitrogens with one attached hydrogen (secondary N) is 1. The second-order valence-electron chi connectivity index (χ2n) is 7.29. The Kier molecular flexibility index (Phi) is 5.87. The molecule has 0 bridgehead atoms. The SMILES string of the molecule is CC1=C(C)CC=CC(OC2=CC=C(OC3=CC=CC(C)C(C)N3)CC2)=C1. The van der Waals surface area contributed by atoms with E-state index in [-0.39, 0.29) is 0 Å². The zero-order valence-corrected chi connectivity index (χ0v) is 16.2. The molecule has 138 valence electrons.